The first-order valence-corrected chi connectivity index (χ1v) is 6.23. The molecule has 0 saturated heterocycles. The third kappa shape index (κ3) is 1.77. The van der Waals surface area contributed by atoms with Gasteiger partial charge >= 0.3 is 0 Å². The van der Waals surface area contributed by atoms with Crippen LogP contribution in [-0.4, -0.2) is 35.1 Å². The second kappa shape index (κ2) is 4.42. The summed E-state index contributed by atoms with van der Waals surface area (Å²) < 4.78 is 2.36. The van der Waals surface area contributed by atoms with Gasteiger partial charge in [-0.3, -0.25) is 4.98 Å². The third-order valence-corrected chi connectivity index (χ3v) is 3.35. The summed E-state index contributed by atoms with van der Waals surface area (Å²) in [7, 11) is 4.21. The summed E-state index contributed by atoms with van der Waals surface area (Å²) >= 11 is 0. The molecule has 0 spiro atoms. The van der Waals surface area contributed by atoms with Gasteiger partial charge in [0.15, 0.2) is 0 Å². The average Bonchev–Trinajstić information content (AvgIpc) is 2.71. The number of para-hydroxylation sites is 1. The van der Waals surface area contributed by atoms with E-state index in [-0.39, 0.29) is 0 Å². The Morgan fingerprint density at radius 1 is 1.06 bits per heavy atom. The molecule has 0 N–H and O–H groups in total. The highest BCUT2D eigenvalue weighted by Gasteiger charge is 2.09. The summed E-state index contributed by atoms with van der Waals surface area (Å²) in [6, 6.07) is 10.7. The highest BCUT2D eigenvalue weighted by atomic mass is 15.1. The maximum absolute atomic E-state index is 4.26. The van der Waals surface area contributed by atoms with Crippen molar-refractivity contribution in [3.8, 4) is 0 Å². The van der Waals surface area contributed by atoms with E-state index >= 15 is 0 Å². The molecule has 3 nitrogen and oxygen atoms in total. The number of aromatic nitrogens is 2. The van der Waals surface area contributed by atoms with E-state index < -0.39 is 0 Å². The van der Waals surface area contributed by atoms with Gasteiger partial charge in [0.25, 0.3) is 0 Å². The van der Waals surface area contributed by atoms with E-state index in [0.717, 1.165) is 13.1 Å². The molecule has 18 heavy (non-hydrogen) atoms. The molecule has 0 amide bonds. The Bertz CT molecular complexity index is 629. The molecule has 0 aliphatic carbocycles. The molecule has 0 bridgehead atoms. The van der Waals surface area contributed by atoms with Gasteiger partial charge in [-0.2, -0.15) is 0 Å². The van der Waals surface area contributed by atoms with E-state index in [1.54, 1.807) is 0 Å². The lowest BCUT2D eigenvalue weighted by Gasteiger charge is -2.12. The smallest absolute Gasteiger partial charge is 0.0678 e. The van der Waals surface area contributed by atoms with Gasteiger partial charge in [0, 0.05) is 35.6 Å². The number of hydrogen-bond acceptors (Lipinski definition) is 2. The molecule has 2 heterocycles. The Balaban J connectivity index is 2.24. The van der Waals surface area contributed by atoms with E-state index in [0.29, 0.717) is 0 Å². The van der Waals surface area contributed by atoms with Crippen LogP contribution in [0.4, 0.5) is 0 Å². The highest BCUT2D eigenvalue weighted by Crippen LogP contribution is 2.27. The summed E-state index contributed by atoms with van der Waals surface area (Å²) in [5.74, 6) is 0. The van der Waals surface area contributed by atoms with Gasteiger partial charge in [0.05, 0.1) is 11.7 Å². The quantitative estimate of drug-likeness (QED) is 0.700. The van der Waals surface area contributed by atoms with Gasteiger partial charge in [-0.15, -0.1) is 0 Å². The van der Waals surface area contributed by atoms with Crippen LogP contribution in [0.2, 0.25) is 0 Å². The fourth-order valence-electron chi connectivity index (χ4n) is 2.44. The lowest BCUT2D eigenvalue weighted by atomic mass is 10.2. The van der Waals surface area contributed by atoms with Crippen molar-refractivity contribution in [1.29, 1.82) is 0 Å². The molecule has 0 atom stereocenters. The van der Waals surface area contributed by atoms with Crippen LogP contribution in [0.15, 0.2) is 42.7 Å². The molecule has 0 radical (unpaired) electrons. The van der Waals surface area contributed by atoms with Crippen molar-refractivity contribution in [3.63, 3.8) is 0 Å². The highest BCUT2D eigenvalue weighted by molar-refractivity contribution is 6.07. The number of rotatable bonds is 3. The summed E-state index contributed by atoms with van der Waals surface area (Å²) in [5.41, 5.74) is 2.52. The molecule has 0 fully saturated rings. The van der Waals surface area contributed by atoms with Crippen LogP contribution in [0.1, 0.15) is 0 Å². The molecule has 0 aliphatic heterocycles. The molecule has 0 aliphatic rings. The van der Waals surface area contributed by atoms with Gasteiger partial charge in [0.1, 0.15) is 0 Å². The lowest BCUT2D eigenvalue weighted by molar-refractivity contribution is 0.389. The largest absolute Gasteiger partial charge is 0.338 e. The number of likely N-dealkylation sites (N-methyl/N-ethyl adjacent to an activating group) is 1. The van der Waals surface area contributed by atoms with Crippen molar-refractivity contribution in [2.75, 3.05) is 20.6 Å². The van der Waals surface area contributed by atoms with Gasteiger partial charge in [-0.05, 0) is 26.2 Å². The Morgan fingerprint density at radius 3 is 2.67 bits per heavy atom. The second-order valence-corrected chi connectivity index (χ2v) is 4.86. The zero-order valence-corrected chi connectivity index (χ0v) is 10.8. The first-order valence-electron chi connectivity index (χ1n) is 6.23. The number of nitrogens with zero attached hydrogens (tertiary/aromatic N) is 3. The Kier molecular flexibility index (Phi) is 2.76. The van der Waals surface area contributed by atoms with Crippen LogP contribution in [0.3, 0.4) is 0 Å². The molecule has 0 unspecified atom stereocenters. The first kappa shape index (κ1) is 11.2. The van der Waals surface area contributed by atoms with Crippen molar-refractivity contribution in [2.45, 2.75) is 6.54 Å². The summed E-state index contributed by atoms with van der Waals surface area (Å²) in [4.78, 5) is 6.47. The van der Waals surface area contributed by atoms with E-state index in [9.17, 15) is 0 Å². The van der Waals surface area contributed by atoms with Crippen LogP contribution in [0.25, 0.3) is 21.8 Å². The van der Waals surface area contributed by atoms with Gasteiger partial charge in [-0.25, -0.2) is 0 Å². The SMILES string of the molecule is CN(C)CCn1c2ccccc2c2ccncc21. The Morgan fingerprint density at radius 2 is 1.83 bits per heavy atom. The van der Waals surface area contributed by atoms with Crippen molar-refractivity contribution >= 4 is 21.8 Å². The topological polar surface area (TPSA) is 21.1 Å². The molecule has 2 aromatic heterocycles. The van der Waals surface area contributed by atoms with Crippen LogP contribution in [-0.2, 0) is 6.54 Å². The molecule has 92 valence electrons. The van der Waals surface area contributed by atoms with Crippen molar-refractivity contribution in [1.82, 2.24) is 14.5 Å². The molecule has 3 heteroatoms. The molecule has 3 aromatic rings. The fourth-order valence-corrected chi connectivity index (χ4v) is 2.44. The summed E-state index contributed by atoms with van der Waals surface area (Å²) in [6.07, 6.45) is 3.83. The second-order valence-electron chi connectivity index (χ2n) is 4.86. The third-order valence-electron chi connectivity index (χ3n) is 3.35. The van der Waals surface area contributed by atoms with Gasteiger partial charge < -0.3 is 9.47 Å². The normalized spacial score (nSPS) is 11.7. The molecule has 3 rings (SSSR count). The maximum atomic E-state index is 4.26. The van der Waals surface area contributed by atoms with Crippen LogP contribution < -0.4 is 0 Å². The van der Waals surface area contributed by atoms with Crippen molar-refractivity contribution in [3.05, 3.63) is 42.7 Å². The van der Waals surface area contributed by atoms with Crippen LogP contribution >= 0.6 is 0 Å². The standard InChI is InChI=1S/C15H17N3/c1-17(2)9-10-18-14-6-4-3-5-12(14)13-7-8-16-11-15(13)18/h3-8,11H,9-10H2,1-2H3. The molecule has 0 saturated carbocycles. The average molecular weight is 239 g/mol. The van der Waals surface area contributed by atoms with Gasteiger partial charge in [0.2, 0.25) is 0 Å². The zero-order valence-electron chi connectivity index (χ0n) is 10.8. The Labute approximate surface area is 107 Å². The number of pyridine rings is 1. The van der Waals surface area contributed by atoms with E-state index in [2.05, 4.69) is 58.9 Å². The molecular formula is C15H17N3. The van der Waals surface area contributed by atoms with E-state index in [1.807, 2.05) is 12.4 Å². The van der Waals surface area contributed by atoms with Crippen LogP contribution in [0.5, 0.6) is 0 Å². The predicted molar refractivity (Wildman–Crippen MR) is 75.8 cm³/mol. The molecular weight excluding hydrogens is 222 g/mol. The molecule has 1 aromatic carbocycles. The fraction of sp³-hybridized carbons (Fsp3) is 0.267. The van der Waals surface area contributed by atoms with Crippen LogP contribution in [0, 0.1) is 0 Å². The summed E-state index contributed by atoms with van der Waals surface area (Å²) in [5, 5.41) is 2.60. The number of fused-ring (bicyclic) bond motifs is 3. The summed E-state index contributed by atoms with van der Waals surface area (Å²) in [6.45, 7) is 2.02. The van der Waals surface area contributed by atoms with Gasteiger partial charge in [-0.1, -0.05) is 18.2 Å². The lowest BCUT2D eigenvalue weighted by Crippen LogP contribution is -2.18. The number of hydrogen-bond donors (Lipinski definition) is 0. The predicted octanol–water partition coefficient (Wildman–Crippen LogP) is 2.75. The monoisotopic (exact) mass is 239 g/mol. The minimum Gasteiger partial charge on any atom is -0.338 e. The van der Waals surface area contributed by atoms with Crippen molar-refractivity contribution < 1.29 is 0 Å². The van der Waals surface area contributed by atoms with E-state index in [4.69, 9.17) is 0 Å². The first-order chi connectivity index (χ1) is 8.77. The zero-order chi connectivity index (χ0) is 12.5. The maximum Gasteiger partial charge on any atom is 0.0678 e. The Hall–Kier alpha value is -1.87. The van der Waals surface area contributed by atoms with Crippen molar-refractivity contribution in [2.24, 2.45) is 0 Å². The minimum absolute atomic E-state index is 0.989. The minimum atomic E-state index is 0.989. The van der Waals surface area contributed by atoms with E-state index in [1.165, 1.54) is 21.8 Å². The number of benzene rings is 1.